The van der Waals surface area contributed by atoms with Crippen LogP contribution >= 0.6 is 23.2 Å². The molecule has 17 heavy (non-hydrogen) atoms. The number of hydrogen-bond acceptors (Lipinski definition) is 2. The topological polar surface area (TPSA) is 21.3 Å². The molecule has 1 aliphatic heterocycles. The summed E-state index contributed by atoms with van der Waals surface area (Å²) in [4.78, 5) is 0. The van der Waals surface area contributed by atoms with Gasteiger partial charge in [-0.25, -0.2) is 0 Å². The van der Waals surface area contributed by atoms with Crippen LogP contribution in [0.3, 0.4) is 0 Å². The first-order valence-electron chi connectivity index (χ1n) is 6.07. The van der Waals surface area contributed by atoms with E-state index in [0.717, 1.165) is 30.7 Å². The minimum absolute atomic E-state index is 0.158. The lowest BCUT2D eigenvalue weighted by molar-refractivity contribution is 0.179. The number of fused-ring (bicyclic) bond motifs is 1. The minimum atomic E-state index is 0.158. The third kappa shape index (κ3) is 2.40. The molecule has 0 aromatic heterocycles. The smallest absolute Gasteiger partial charge is 0.144 e. The van der Waals surface area contributed by atoms with E-state index in [9.17, 15) is 0 Å². The van der Waals surface area contributed by atoms with Crippen molar-refractivity contribution in [2.75, 3.05) is 6.54 Å². The van der Waals surface area contributed by atoms with Crippen molar-refractivity contribution in [3.05, 3.63) is 27.7 Å². The number of hydrogen-bond donors (Lipinski definition) is 1. The van der Waals surface area contributed by atoms with Crippen LogP contribution in [0.2, 0.25) is 10.0 Å². The first-order chi connectivity index (χ1) is 8.19. The van der Waals surface area contributed by atoms with E-state index in [1.54, 1.807) is 0 Å². The second-order valence-corrected chi connectivity index (χ2v) is 5.05. The van der Waals surface area contributed by atoms with E-state index >= 15 is 0 Å². The Kier molecular flexibility index (Phi) is 4.18. The third-order valence-corrected chi connectivity index (χ3v) is 3.84. The Morgan fingerprint density at radius 2 is 2.06 bits per heavy atom. The van der Waals surface area contributed by atoms with Crippen LogP contribution in [0.5, 0.6) is 5.75 Å². The van der Waals surface area contributed by atoms with Gasteiger partial charge in [-0.2, -0.15) is 0 Å². The molecule has 0 saturated heterocycles. The van der Waals surface area contributed by atoms with Crippen LogP contribution in [0.25, 0.3) is 0 Å². The standard InChI is InChI=1S/C13H17Cl2NO/c1-3-5-10-12(16-4-2)8-6-7-9(14)11(15)13(8)17-10/h6-7,10,12,16H,3-5H2,1-2H3. The summed E-state index contributed by atoms with van der Waals surface area (Å²) >= 11 is 12.2. The highest BCUT2D eigenvalue weighted by Crippen LogP contribution is 2.45. The van der Waals surface area contributed by atoms with Crippen molar-refractivity contribution in [2.24, 2.45) is 0 Å². The molecule has 1 heterocycles. The van der Waals surface area contributed by atoms with Crippen molar-refractivity contribution in [1.29, 1.82) is 0 Å². The zero-order chi connectivity index (χ0) is 12.4. The molecule has 1 N–H and O–H groups in total. The quantitative estimate of drug-likeness (QED) is 0.888. The molecule has 2 rings (SSSR count). The Morgan fingerprint density at radius 1 is 1.29 bits per heavy atom. The molecule has 4 heteroatoms. The first kappa shape index (κ1) is 13.0. The van der Waals surface area contributed by atoms with Gasteiger partial charge in [-0.1, -0.05) is 49.5 Å². The van der Waals surface area contributed by atoms with Crippen molar-refractivity contribution in [3.63, 3.8) is 0 Å². The van der Waals surface area contributed by atoms with Gasteiger partial charge in [-0.15, -0.1) is 0 Å². The SMILES string of the molecule is CCCC1Oc2c(ccc(Cl)c2Cl)C1NCC. The summed E-state index contributed by atoms with van der Waals surface area (Å²) in [6.45, 7) is 5.16. The van der Waals surface area contributed by atoms with E-state index in [0.29, 0.717) is 10.0 Å². The fourth-order valence-corrected chi connectivity index (χ4v) is 2.67. The summed E-state index contributed by atoms with van der Waals surface area (Å²) in [5, 5.41) is 4.54. The lowest BCUT2D eigenvalue weighted by atomic mass is 10.0. The van der Waals surface area contributed by atoms with Gasteiger partial charge in [0, 0.05) is 5.56 Å². The molecule has 0 saturated carbocycles. The molecular weight excluding hydrogens is 257 g/mol. The molecule has 0 bridgehead atoms. The van der Waals surface area contributed by atoms with Gasteiger partial charge in [-0.05, 0) is 19.0 Å². The van der Waals surface area contributed by atoms with Crippen LogP contribution in [0.1, 0.15) is 38.3 Å². The molecule has 2 unspecified atom stereocenters. The number of nitrogens with one attached hydrogen (secondary N) is 1. The molecule has 0 amide bonds. The van der Waals surface area contributed by atoms with Gasteiger partial charge < -0.3 is 10.1 Å². The second kappa shape index (κ2) is 5.47. The summed E-state index contributed by atoms with van der Waals surface area (Å²) in [7, 11) is 0. The summed E-state index contributed by atoms with van der Waals surface area (Å²) in [5.74, 6) is 0.753. The van der Waals surface area contributed by atoms with E-state index in [2.05, 4.69) is 19.2 Å². The molecular formula is C13H17Cl2NO. The van der Waals surface area contributed by atoms with E-state index in [4.69, 9.17) is 27.9 Å². The largest absolute Gasteiger partial charge is 0.486 e. The number of likely N-dealkylation sites (N-methyl/N-ethyl adjacent to an activating group) is 1. The Hall–Kier alpha value is -0.440. The van der Waals surface area contributed by atoms with Gasteiger partial charge in [0.2, 0.25) is 0 Å². The molecule has 0 aliphatic carbocycles. The van der Waals surface area contributed by atoms with Crippen molar-refractivity contribution in [1.82, 2.24) is 5.32 Å². The van der Waals surface area contributed by atoms with Gasteiger partial charge in [0.25, 0.3) is 0 Å². The molecule has 0 radical (unpaired) electrons. The summed E-state index contributed by atoms with van der Waals surface area (Å²) in [5.41, 5.74) is 1.12. The van der Waals surface area contributed by atoms with Gasteiger partial charge >= 0.3 is 0 Å². The third-order valence-electron chi connectivity index (χ3n) is 3.05. The highest BCUT2D eigenvalue weighted by atomic mass is 35.5. The van der Waals surface area contributed by atoms with Crippen LogP contribution < -0.4 is 10.1 Å². The lowest BCUT2D eigenvalue weighted by Crippen LogP contribution is -2.30. The van der Waals surface area contributed by atoms with Crippen molar-refractivity contribution >= 4 is 23.2 Å². The average Bonchev–Trinajstić information content (AvgIpc) is 2.65. The zero-order valence-electron chi connectivity index (χ0n) is 10.1. The van der Waals surface area contributed by atoms with Gasteiger partial charge in [0.15, 0.2) is 0 Å². The van der Waals surface area contributed by atoms with Crippen LogP contribution in [0.4, 0.5) is 0 Å². The molecule has 1 aromatic rings. The Morgan fingerprint density at radius 3 is 2.71 bits per heavy atom. The summed E-state index contributed by atoms with van der Waals surface area (Å²) in [6.07, 6.45) is 2.26. The Labute approximate surface area is 112 Å². The summed E-state index contributed by atoms with van der Waals surface area (Å²) < 4.78 is 5.95. The maximum Gasteiger partial charge on any atom is 0.144 e. The van der Waals surface area contributed by atoms with E-state index in [1.165, 1.54) is 0 Å². The second-order valence-electron chi connectivity index (χ2n) is 4.26. The van der Waals surface area contributed by atoms with E-state index in [1.807, 2.05) is 12.1 Å². The molecule has 0 spiro atoms. The zero-order valence-corrected chi connectivity index (χ0v) is 11.6. The fourth-order valence-electron chi connectivity index (χ4n) is 2.30. The predicted molar refractivity (Wildman–Crippen MR) is 72.2 cm³/mol. The summed E-state index contributed by atoms with van der Waals surface area (Å²) in [6, 6.07) is 4.07. The highest BCUT2D eigenvalue weighted by molar-refractivity contribution is 6.43. The van der Waals surface area contributed by atoms with E-state index in [-0.39, 0.29) is 12.1 Å². The Balaban J connectivity index is 2.35. The average molecular weight is 274 g/mol. The highest BCUT2D eigenvalue weighted by Gasteiger charge is 2.35. The number of benzene rings is 1. The normalized spacial score (nSPS) is 22.4. The van der Waals surface area contributed by atoms with Crippen LogP contribution in [0, 0.1) is 0 Å². The molecule has 2 nitrogen and oxygen atoms in total. The molecule has 2 atom stereocenters. The molecule has 94 valence electrons. The molecule has 0 fully saturated rings. The lowest BCUT2D eigenvalue weighted by Gasteiger charge is -2.18. The van der Waals surface area contributed by atoms with Gasteiger partial charge in [0.1, 0.15) is 16.9 Å². The molecule has 1 aromatic carbocycles. The molecule has 1 aliphatic rings. The van der Waals surface area contributed by atoms with E-state index < -0.39 is 0 Å². The van der Waals surface area contributed by atoms with Crippen LogP contribution in [-0.2, 0) is 0 Å². The number of ether oxygens (including phenoxy) is 1. The van der Waals surface area contributed by atoms with Crippen molar-refractivity contribution < 1.29 is 4.74 Å². The van der Waals surface area contributed by atoms with Crippen LogP contribution in [0.15, 0.2) is 12.1 Å². The number of halogens is 2. The van der Waals surface area contributed by atoms with Gasteiger partial charge in [-0.3, -0.25) is 0 Å². The monoisotopic (exact) mass is 273 g/mol. The minimum Gasteiger partial charge on any atom is -0.486 e. The van der Waals surface area contributed by atoms with Crippen LogP contribution in [-0.4, -0.2) is 12.6 Å². The van der Waals surface area contributed by atoms with Crippen molar-refractivity contribution in [2.45, 2.75) is 38.8 Å². The number of rotatable bonds is 4. The fraction of sp³-hybridized carbons (Fsp3) is 0.538. The Bertz CT molecular complexity index is 409. The van der Waals surface area contributed by atoms with Gasteiger partial charge in [0.05, 0.1) is 11.1 Å². The predicted octanol–water partition coefficient (Wildman–Crippen LogP) is 4.21. The van der Waals surface area contributed by atoms with Crippen molar-refractivity contribution in [3.8, 4) is 5.75 Å². The maximum absolute atomic E-state index is 6.18. The maximum atomic E-state index is 6.18. The first-order valence-corrected chi connectivity index (χ1v) is 6.82.